The second-order valence-electron chi connectivity index (χ2n) is 3.27. The Morgan fingerprint density at radius 2 is 1.64 bits per heavy atom. The predicted molar refractivity (Wildman–Crippen MR) is 52.8 cm³/mol. The molecule has 0 bridgehead atoms. The van der Waals surface area contributed by atoms with Crippen molar-refractivity contribution in [2.24, 2.45) is 0 Å². The average Bonchev–Trinajstić information content (AvgIpc) is 2.01. The number of hydrogen-bond acceptors (Lipinski definition) is 4. The fourth-order valence-corrected chi connectivity index (χ4v) is 1.21. The van der Waals surface area contributed by atoms with Crippen LogP contribution in [0.15, 0.2) is 0 Å². The Labute approximate surface area is 82.4 Å². The lowest BCUT2D eigenvalue weighted by Gasteiger charge is -2.12. The van der Waals surface area contributed by atoms with Crippen molar-refractivity contribution in [1.29, 1.82) is 0 Å². The molecular weight excluding hydrogens is 182 g/mol. The van der Waals surface area contributed by atoms with Gasteiger partial charge in [0.25, 0.3) is 0 Å². The zero-order valence-corrected chi connectivity index (χ0v) is 8.70. The number of aromatic carboxylic acids is 1. The lowest BCUT2D eigenvalue weighted by Crippen LogP contribution is -2.16. The van der Waals surface area contributed by atoms with E-state index in [9.17, 15) is 4.79 Å². The summed E-state index contributed by atoms with van der Waals surface area (Å²) >= 11 is 0. The first kappa shape index (κ1) is 10.4. The number of anilines is 1. The summed E-state index contributed by atoms with van der Waals surface area (Å²) < 4.78 is 0. The third-order valence-electron chi connectivity index (χ3n) is 1.87. The fraction of sp³-hybridized carbons (Fsp3) is 0.444. The maximum Gasteiger partial charge on any atom is 0.339 e. The quantitative estimate of drug-likeness (QED) is 0.758. The van der Waals surface area contributed by atoms with E-state index >= 15 is 0 Å². The van der Waals surface area contributed by atoms with Crippen LogP contribution in [0.4, 0.5) is 5.95 Å². The molecule has 0 aliphatic rings. The Bertz CT molecular complexity index is 351. The van der Waals surface area contributed by atoms with Gasteiger partial charge in [0.15, 0.2) is 0 Å². The number of hydrogen-bond donors (Lipinski definition) is 1. The first-order valence-corrected chi connectivity index (χ1v) is 4.19. The van der Waals surface area contributed by atoms with Gasteiger partial charge in [-0.1, -0.05) is 0 Å². The van der Waals surface area contributed by atoms with E-state index in [2.05, 4.69) is 9.97 Å². The minimum Gasteiger partial charge on any atom is -0.478 e. The van der Waals surface area contributed by atoms with Crippen molar-refractivity contribution in [2.45, 2.75) is 13.8 Å². The maximum atomic E-state index is 10.8. The molecule has 0 aliphatic carbocycles. The first-order chi connectivity index (χ1) is 6.43. The molecule has 0 amide bonds. The third kappa shape index (κ3) is 1.81. The molecule has 5 nitrogen and oxygen atoms in total. The van der Waals surface area contributed by atoms with Crippen LogP contribution < -0.4 is 4.90 Å². The number of carbonyl (C=O) groups is 1. The number of nitrogens with zero attached hydrogens (tertiary/aromatic N) is 3. The molecule has 0 radical (unpaired) electrons. The van der Waals surface area contributed by atoms with Gasteiger partial charge >= 0.3 is 5.97 Å². The van der Waals surface area contributed by atoms with E-state index in [0.717, 1.165) is 0 Å². The van der Waals surface area contributed by atoms with E-state index in [1.165, 1.54) is 0 Å². The molecule has 76 valence electrons. The second kappa shape index (κ2) is 3.61. The summed E-state index contributed by atoms with van der Waals surface area (Å²) in [6, 6.07) is 0. The summed E-state index contributed by atoms with van der Waals surface area (Å²) in [4.78, 5) is 20.7. The van der Waals surface area contributed by atoms with Crippen molar-refractivity contribution >= 4 is 11.9 Å². The molecule has 1 N–H and O–H groups in total. The van der Waals surface area contributed by atoms with Gasteiger partial charge in [-0.05, 0) is 13.8 Å². The average molecular weight is 195 g/mol. The number of aryl methyl sites for hydroxylation is 2. The van der Waals surface area contributed by atoms with E-state index in [-0.39, 0.29) is 5.56 Å². The lowest BCUT2D eigenvalue weighted by molar-refractivity contribution is 0.0694. The number of carboxylic acids is 1. The van der Waals surface area contributed by atoms with Crippen LogP contribution in [0.2, 0.25) is 0 Å². The highest BCUT2D eigenvalue weighted by molar-refractivity contribution is 5.90. The van der Waals surface area contributed by atoms with Crippen LogP contribution in [0.3, 0.4) is 0 Å². The van der Waals surface area contributed by atoms with Crippen molar-refractivity contribution in [3.05, 3.63) is 17.0 Å². The summed E-state index contributed by atoms with van der Waals surface area (Å²) in [5.74, 6) is -0.449. The third-order valence-corrected chi connectivity index (χ3v) is 1.87. The van der Waals surface area contributed by atoms with Gasteiger partial charge in [0.1, 0.15) is 5.56 Å². The normalized spacial score (nSPS) is 10.0. The van der Waals surface area contributed by atoms with E-state index in [4.69, 9.17) is 5.11 Å². The maximum absolute atomic E-state index is 10.8. The van der Waals surface area contributed by atoms with Gasteiger partial charge in [0.2, 0.25) is 5.95 Å². The summed E-state index contributed by atoms with van der Waals surface area (Å²) in [5.41, 5.74) is 1.18. The zero-order chi connectivity index (χ0) is 10.9. The van der Waals surface area contributed by atoms with Gasteiger partial charge in [-0.25, -0.2) is 14.8 Å². The van der Waals surface area contributed by atoms with Crippen LogP contribution in [-0.4, -0.2) is 35.1 Å². The molecule has 14 heavy (non-hydrogen) atoms. The van der Waals surface area contributed by atoms with E-state index in [0.29, 0.717) is 17.3 Å². The van der Waals surface area contributed by atoms with Gasteiger partial charge in [-0.15, -0.1) is 0 Å². The van der Waals surface area contributed by atoms with E-state index in [1.54, 1.807) is 18.7 Å². The highest BCUT2D eigenvalue weighted by Gasteiger charge is 2.15. The highest BCUT2D eigenvalue weighted by Crippen LogP contribution is 2.13. The SMILES string of the molecule is Cc1nc(N(C)C)nc(C)c1C(=O)O. The van der Waals surface area contributed by atoms with Crippen molar-refractivity contribution in [2.75, 3.05) is 19.0 Å². The monoisotopic (exact) mass is 195 g/mol. The lowest BCUT2D eigenvalue weighted by atomic mass is 10.2. The number of rotatable bonds is 2. The van der Waals surface area contributed by atoms with Crippen molar-refractivity contribution < 1.29 is 9.90 Å². The van der Waals surface area contributed by atoms with Crippen LogP contribution in [-0.2, 0) is 0 Å². The summed E-state index contributed by atoms with van der Waals surface area (Å²) in [5, 5.41) is 8.88. The van der Waals surface area contributed by atoms with Crippen molar-refractivity contribution in [3.63, 3.8) is 0 Å². The molecule has 1 rings (SSSR count). The van der Waals surface area contributed by atoms with Crippen LogP contribution >= 0.6 is 0 Å². The van der Waals surface area contributed by atoms with Crippen LogP contribution in [0.5, 0.6) is 0 Å². The largest absolute Gasteiger partial charge is 0.478 e. The van der Waals surface area contributed by atoms with Crippen molar-refractivity contribution in [1.82, 2.24) is 9.97 Å². The molecule has 1 heterocycles. The Morgan fingerprint density at radius 3 is 1.93 bits per heavy atom. The zero-order valence-electron chi connectivity index (χ0n) is 8.70. The Hall–Kier alpha value is -1.65. The Kier molecular flexibility index (Phi) is 2.69. The van der Waals surface area contributed by atoms with Crippen LogP contribution in [0.25, 0.3) is 0 Å². The molecule has 0 aromatic carbocycles. The molecule has 0 spiro atoms. The molecular formula is C9H13N3O2. The second-order valence-corrected chi connectivity index (χ2v) is 3.27. The molecule has 0 fully saturated rings. The molecule has 5 heteroatoms. The fourth-order valence-electron chi connectivity index (χ4n) is 1.21. The number of aromatic nitrogens is 2. The molecule has 0 aliphatic heterocycles. The molecule has 0 atom stereocenters. The minimum absolute atomic E-state index is 0.190. The standard InChI is InChI=1S/C9H13N3O2/c1-5-7(8(13)14)6(2)11-9(10-5)12(3)4/h1-4H3,(H,13,14). The summed E-state index contributed by atoms with van der Waals surface area (Å²) in [7, 11) is 3.63. The van der Waals surface area contributed by atoms with Crippen LogP contribution in [0.1, 0.15) is 21.7 Å². The van der Waals surface area contributed by atoms with Gasteiger partial charge in [-0.2, -0.15) is 0 Å². The van der Waals surface area contributed by atoms with Gasteiger partial charge in [-0.3, -0.25) is 0 Å². The van der Waals surface area contributed by atoms with Gasteiger partial charge in [0, 0.05) is 14.1 Å². The predicted octanol–water partition coefficient (Wildman–Crippen LogP) is 0.858. The molecule has 1 aromatic heterocycles. The smallest absolute Gasteiger partial charge is 0.339 e. The summed E-state index contributed by atoms with van der Waals surface area (Å²) in [6.07, 6.45) is 0. The molecule has 0 saturated carbocycles. The van der Waals surface area contributed by atoms with Gasteiger partial charge in [0.05, 0.1) is 11.4 Å². The number of carboxylic acid groups (broad SMARTS) is 1. The molecule has 0 unspecified atom stereocenters. The van der Waals surface area contributed by atoms with Crippen LogP contribution in [0, 0.1) is 13.8 Å². The van der Waals surface area contributed by atoms with Crippen molar-refractivity contribution in [3.8, 4) is 0 Å². The Morgan fingerprint density at radius 1 is 1.21 bits per heavy atom. The molecule has 1 aromatic rings. The first-order valence-electron chi connectivity index (χ1n) is 4.19. The summed E-state index contributed by atoms with van der Waals surface area (Å²) in [6.45, 7) is 3.34. The highest BCUT2D eigenvalue weighted by atomic mass is 16.4. The molecule has 0 saturated heterocycles. The van der Waals surface area contributed by atoms with E-state index in [1.807, 2.05) is 14.1 Å². The topological polar surface area (TPSA) is 66.3 Å². The van der Waals surface area contributed by atoms with Gasteiger partial charge < -0.3 is 10.0 Å². The minimum atomic E-state index is -0.981. The Balaban J connectivity index is 3.32. The van der Waals surface area contributed by atoms with E-state index < -0.39 is 5.97 Å².